The SMILES string of the molecule is C(=C\c1ccc2ccccc2c1)/C1=NCCc2cc(OCc3ccccc3)ccc21. The predicted molar refractivity (Wildman–Crippen MR) is 125 cm³/mol. The molecule has 2 nitrogen and oxygen atoms in total. The van der Waals surface area contributed by atoms with Crippen molar-refractivity contribution in [1.82, 2.24) is 0 Å². The van der Waals surface area contributed by atoms with Crippen molar-refractivity contribution >= 4 is 22.6 Å². The van der Waals surface area contributed by atoms with Crippen LogP contribution < -0.4 is 4.74 Å². The maximum Gasteiger partial charge on any atom is 0.120 e. The van der Waals surface area contributed by atoms with Gasteiger partial charge in [0.15, 0.2) is 0 Å². The first-order chi connectivity index (χ1) is 14.8. The number of aliphatic imine (C=N–C) groups is 1. The molecule has 5 rings (SSSR count). The van der Waals surface area contributed by atoms with Crippen LogP contribution in [-0.2, 0) is 13.0 Å². The minimum Gasteiger partial charge on any atom is -0.489 e. The highest BCUT2D eigenvalue weighted by Crippen LogP contribution is 2.24. The molecule has 0 saturated carbocycles. The van der Waals surface area contributed by atoms with E-state index in [1.54, 1.807) is 0 Å². The maximum atomic E-state index is 6.01. The highest BCUT2D eigenvalue weighted by atomic mass is 16.5. The van der Waals surface area contributed by atoms with Crippen molar-refractivity contribution in [3.05, 3.63) is 119 Å². The number of allylic oxidation sites excluding steroid dienone is 1. The van der Waals surface area contributed by atoms with Gasteiger partial charge in [-0.05, 0) is 64.2 Å². The molecular formula is C28H23NO. The van der Waals surface area contributed by atoms with Gasteiger partial charge in [-0.1, -0.05) is 72.8 Å². The third-order valence-corrected chi connectivity index (χ3v) is 5.47. The molecule has 0 unspecified atom stereocenters. The molecule has 1 heterocycles. The average molecular weight is 389 g/mol. The summed E-state index contributed by atoms with van der Waals surface area (Å²) in [6.07, 6.45) is 5.23. The van der Waals surface area contributed by atoms with Crippen molar-refractivity contribution in [1.29, 1.82) is 0 Å². The average Bonchev–Trinajstić information content (AvgIpc) is 2.81. The van der Waals surface area contributed by atoms with Crippen molar-refractivity contribution in [3.63, 3.8) is 0 Å². The first-order valence-corrected chi connectivity index (χ1v) is 10.4. The summed E-state index contributed by atoms with van der Waals surface area (Å²) < 4.78 is 6.01. The van der Waals surface area contributed by atoms with Crippen molar-refractivity contribution < 1.29 is 4.74 Å². The van der Waals surface area contributed by atoms with Crippen molar-refractivity contribution in [2.45, 2.75) is 13.0 Å². The highest BCUT2D eigenvalue weighted by Gasteiger charge is 2.13. The Morgan fingerprint density at radius 1 is 0.767 bits per heavy atom. The van der Waals surface area contributed by atoms with Crippen LogP contribution in [0.3, 0.4) is 0 Å². The van der Waals surface area contributed by atoms with Crippen LogP contribution in [-0.4, -0.2) is 12.3 Å². The number of ether oxygens (including phenoxy) is 1. The third kappa shape index (κ3) is 4.04. The minimum atomic E-state index is 0.586. The van der Waals surface area contributed by atoms with E-state index in [0.717, 1.165) is 24.4 Å². The Hall–Kier alpha value is -3.65. The summed E-state index contributed by atoms with van der Waals surface area (Å²) in [4.78, 5) is 4.76. The van der Waals surface area contributed by atoms with E-state index < -0.39 is 0 Å². The summed E-state index contributed by atoms with van der Waals surface area (Å²) in [5.41, 5.74) is 5.90. The molecular weight excluding hydrogens is 366 g/mol. The number of hydrogen-bond acceptors (Lipinski definition) is 2. The Labute approximate surface area is 177 Å². The van der Waals surface area contributed by atoms with Gasteiger partial charge in [-0.2, -0.15) is 0 Å². The molecule has 0 radical (unpaired) electrons. The largest absolute Gasteiger partial charge is 0.489 e. The fourth-order valence-electron chi connectivity index (χ4n) is 3.87. The topological polar surface area (TPSA) is 21.6 Å². The van der Waals surface area contributed by atoms with E-state index in [2.05, 4.69) is 78.9 Å². The van der Waals surface area contributed by atoms with Crippen LogP contribution in [0.5, 0.6) is 5.75 Å². The lowest BCUT2D eigenvalue weighted by Crippen LogP contribution is -2.11. The van der Waals surface area contributed by atoms with E-state index in [-0.39, 0.29) is 0 Å². The molecule has 0 spiro atoms. The summed E-state index contributed by atoms with van der Waals surface area (Å²) in [5, 5.41) is 2.52. The van der Waals surface area contributed by atoms with Crippen LogP contribution in [0.15, 0.2) is 102 Å². The van der Waals surface area contributed by atoms with Crippen molar-refractivity contribution in [2.24, 2.45) is 4.99 Å². The molecule has 0 saturated heterocycles. The van der Waals surface area contributed by atoms with Crippen LogP contribution in [0, 0.1) is 0 Å². The Morgan fingerprint density at radius 2 is 1.60 bits per heavy atom. The Bertz CT molecular complexity index is 1240. The van der Waals surface area contributed by atoms with E-state index in [4.69, 9.17) is 9.73 Å². The normalized spacial score (nSPS) is 13.3. The summed E-state index contributed by atoms with van der Waals surface area (Å²) >= 11 is 0. The monoisotopic (exact) mass is 389 g/mol. The second-order valence-electron chi connectivity index (χ2n) is 7.55. The number of fused-ring (bicyclic) bond motifs is 2. The van der Waals surface area contributed by atoms with Gasteiger partial charge in [0.1, 0.15) is 12.4 Å². The predicted octanol–water partition coefficient (Wildman–Crippen LogP) is 6.48. The van der Waals surface area contributed by atoms with E-state index in [1.165, 1.54) is 33.0 Å². The zero-order valence-electron chi connectivity index (χ0n) is 16.8. The van der Waals surface area contributed by atoms with Gasteiger partial charge in [0.2, 0.25) is 0 Å². The lowest BCUT2D eigenvalue weighted by Gasteiger charge is -2.16. The van der Waals surface area contributed by atoms with Crippen molar-refractivity contribution in [3.8, 4) is 5.75 Å². The summed E-state index contributed by atoms with van der Waals surface area (Å²) in [7, 11) is 0. The van der Waals surface area contributed by atoms with Gasteiger partial charge >= 0.3 is 0 Å². The lowest BCUT2D eigenvalue weighted by molar-refractivity contribution is 0.306. The van der Waals surface area contributed by atoms with Gasteiger partial charge < -0.3 is 4.74 Å². The van der Waals surface area contributed by atoms with Gasteiger partial charge in [-0.3, -0.25) is 4.99 Å². The molecule has 0 amide bonds. The Kier molecular flexibility index (Phi) is 5.14. The molecule has 1 aliphatic heterocycles. The molecule has 4 aromatic rings. The second kappa shape index (κ2) is 8.38. The first kappa shape index (κ1) is 18.4. The molecule has 146 valence electrons. The minimum absolute atomic E-state index is 0.586. The molecule has 4 aromatic carbocycles. The van der Waals surface area contributed by atoms with Gasteiger partial charge in [-0.15, -0.1) is 0 Å². The number of benzene rings is 4. The summed E-state index contributed by atoms with van der Waals surface area (Å²) in [6.45, 7) is 1.40. The molecule has 0 bridgehead atoms. The van der Waals surface area contributed by atoms with E-state index in [0.29, 0.717) is 6.61 Å². The van der Waals surface area contributed by atoms with Gasteiger partial charge in [0.25, 0.3) is 0 Å². The number of hydrogen-bond donors (Lipinski definition) is 0. The molecule has 0 atom stereocenters. The molecule has 0 aliphatic carbocycles. The lowest BCUT2D eigenvalue weighted by atomic mass is 9.96. The van der Waals surface area contributed by atoms with Crippen LogP contribution in [0.2, 0.25) is 0 Å². The molecule has 0 fully saturated rings. The zero-order chi connectivity index (χ0) is 20.2. The fraction of sp³-hybridized carbons (Fsp3) is 0.107. The Morgan fingerprint density at radius 3 is 2.50 bits per heavy atom. The van der Waals surface area contributed by atoms with Crippen LogP contribution in [0.25, 0.3) is 16.8 Å². The van der Waals surface area contributed by atoms with Crippen molar-refractivity contribution in [2.75, 3.05) is 6.54 Å². The second-order valence-corrected chi connectivity index (χ2v) is 7.55. The summed E-state index contributed by atoms with van der Waals surface area (Å²) in [5.74, 6) is 0.914. The van der Waals surface area contributed by atoms with E-state index in [1.807, 2.05) is 24.3 Å². The van der Waals surface area contributed by atoms with Gasteiger partial charge in [0.05, 0.1) is 5.71 Å². The Balaban J connectivity index is 1.34. The molecule has 30 heavy (non-hydrogen) atoms. The number of nitrogens with zero attached hydrogens (tertiary/aromatic N) is 1. The zero-order valence-corrected chi connectivity index (χ0v) is 16.8. The standard InChI is InChI=1S/C28H23NO/c1-2-6-22(7-3-1)20-30-26-13-14-27-25(19-26)16-17-29-28(27)15-11-21-10-12-23-8-4-5-9-24(23)18-21/h1-15,18-19H,16-17,20H2/b15-11+. The molecule has 1 aliphatic rings. The number of rotatable bonds is 5. The molecule has 2 heteroatoms. The smallest absolute Gasteiger partial charge is 0.120 e. The first-order valence-electron chi connectivity index (χ1n) is 10.4. The summed E-state index contributed by atoms with van der Waals surface area (Å²) in [6, 6.07) is 31.6. The van der Waals surface area contributed by atoms with E-state index >= 15 is 0 Å². The van der Waals surface area contributed by atoms with Crippen LogP contribution in [0.4, 0.5) is 0 Å². The van der Waals surface area contributed by atoms with Crippen LogP contribution >= 0.6 is 0 Å². The highest BCUT2D eigenvalue weighted by molar-refractivity contribution is 6.12. The van der Waals surface area contributed by atoms with Gasteiger partial charge in [-0.25, -0.2) is 0 Å². The third-order valence-electron chi connectivity index (χ3n) is 5.47. The van der Waals surface area contributed by atoms with Crippen LogP contribution in [0.1, 0.15) is 22.3 Å². The fourth-order valence-corrected chi connectivity index (χ4v) is 3.87. The maximum absolute atomic E-state index is 6.01. The molecule has 0 aromatic heterocycles. The van der Waals surface area contributed by atoms with E-state index in [9.17, 15) is 0 Å². The quantitative estimate of drug-likeness (QED) is 0.383. The molecule has 0 N–H and O–H groups in total. The van der Waals surface area contributed by atoms with Gasteiger partial charge in [0, 0.05) is 12.1 Å².